The van der Waals surface area contributed by atoms with Gasteiger partial charge in [0.1, 0.15) is 4.88 Å². The monoisotopic (exact) mass is 280 g/mol. The first kappa shape index (κ1) is 13.2. The predicted octanol–water partition coefficient (Wildman–Crippen LogP) is 3.74. The fraction of sp³-hybridized carbons (Fsp3) is 0.308. The van der Waals surface area contributed by atoms with Crippen LogP contribution in [0, 0.1) is 0 Å². The molecule has 0 aliphatic heterocycles. The smallest absolute Gasteiger partial charge is 0.180 e. The molecule has 0 atom stereocenters. The summed E-state index contributed by atoms with van der Waals surface area (Å²) in [4.78, 5) is 12.9. The average molecular weight is 281 g/mol. The molecule has 0 bridgehead atoms. The van der Waals surface area contributed by atoms with E-state index in [0.717, 1.165) is 11.3 Å². The van der Waals surface area contributed by atoms with Crippen LogP contribution in [0.3, 0.4) is 0 Å². The molecule has 5 heteroatoms. The van der Waals surface area contributed by atoms with Gasteiger partial charge in [0, 0.05) is 11.4 Å². The Hall–Kier alpha value is -1.26. The van der Waals surface area contributed by atoms with Crippen LogP contribution in [-0.4, -0.2) is 15.4 Å². The van der Waals surface area contributed by atoms with E-state index in [9.17, 15) is 4.79 Å². The van der Waals surface area contributed by atoms with E-state index in [-0.39, 0.29) is 11.7 Å². The van der Waals surface area contributed by atoms with Gasteiger partial charge in [-0.2, -0.15) is 0 Å². The second-order valence-corrected chi connectivity index (χ2v) is 5.56. The quantitative estimate of drug-likeness (QED) is 0.801. The molecule has 0 unspecified atom stereocenters. The lowest BCUT2D eigenvalue weighted by molar-refractivity contribution is 0.0995. The zero-order valence-corrected chi connectivity index (χ0v) is 11.8. The summed E-state index contributed by atoms with van der Waals surface area (Å²) in [5.74, 6) is 0.262. The summed E-state index contributed by atoms with van der Waals surface area (Å²) < 4.78 is 3.87. The van der Waals surface area contributed by atoms with Crippen LogP contribution in [0.15, 0.2) is 24.3 Å². The summed E-state index contributed by atoms with van der Waals surface area (Å²) in [7, 11) is 0. The first-order chi connectivity index (χ1) is 8.58. The van der Waals surface area contributed by atoms with Crippen LogP contribution in [-0.2, 0) is 6.42 Å². The second kappa shape index (κ2) is 5.59. The van der Waals surface area contributed by atoms with Gasteiger partial charge in [-0.05, 0) is 35.1 Å². The first-order valence-electron chi connectivity index (χ1n) is 5.68. The maximum atomic E-state index is 12.2. The molecule has 0 saturated heterocycles. The summed E-state index contributed by atoms with van der Waals surface area (Å²) >= 11 is 7.07. The number of rotatable bonds is 4. The topological polar surface area (TPSA) is 42.9 Å². The molecule has 0 radical (unpaired) electrons. The zero-order chi connectivity index (χ0) is 13.1. The minimum atomic E-state index is 0.0518. The Kier molecular flexibility index (Phi) is 4.09. The third-order valence-corrected chi connectivity index (χ3v) is 3.58. The van der Waals surface area contributed by atoms with Crippen molar-refractivity contribution in [3.63, 3.8) is 0 Å². The summed E-state index contributed by atoms with van der Waals surface area (Å²) in [5, 5.41) is 4.66. The molecule has 0 aliphatic rings. The number of nitrogens with zero attached hydrogens (tertiary/aromatic N) is 2. The molecule has 2 aromatic rings. The van der Waals surface area contributed by atoms with Crippen LogP contribution < -0.4 is 0 Å². The first-order valence-corrected chi connectivity index (χ1v) is 6.83. The van der Waals surface area contributed by atoms with Crippen LogP contribution in [0.5, 0.6) is 0 Å². The number of hydrogen-bond acceptors (Lipinski definition) is 4. The second-order valence-electron chi connectivity index (χ2n) is 4.37. The zero-order valence-electron chi connectivity index (χ0n) is 10.2. The van der Waals surface area contributed by atoms with Crippen molar-refractivity contribution in [1.29, 1.82) is 0 Å². The minimum Gasteiger partial charge on any atom is -0.293 e. The van der Waals surface area contributed by atoms with Crippen molar-refractivity contribution in [2.75, 3.05) is 0 Å². The van der Waals surface area contributed by atoms with Crippen molar-refractivity contribution < 1.29 is 4.79 Å². The van der Waals surface area contributed by atoms with Crippen molar-refractivity contribution in [3.05, 3.63) is 45.4 Å². The highest BCUT2D eigenvalue weighted by atomic mass is 35.5. The molecule has 0 aliphatic carbocycles. The lowest BCUT2D eigenvalue weighted by Crippen LogP contribution is -2.05. The maximum absolute atomic E-state index is 12.2. The van der Waals surface area contributed by atoms with E-state index in [1.54, 1.807) is 6.07 Å². The van der Waals surface area contributed by atoms with Gasteiger partial charge < -0.3 is 0 Å². The molecule has 2 rings (SSSR count). The third kappa shape index (κ3) is 2.94. The van der Waals surface area contributed by atoms with E-state index in [4.69, 9.17) is 11.6 Å². The van der Waals surface area contributed by atoms with Gasteiger partial charge in [0.15, 0.2) is 5.78 Å². The van der Waals surface area contributed by atoms with E-state index < -0.39 is 0 Å². The third-order valence-electron chi connectivity index (χ3n) is 2.57. The molecule has 0 spiro atoms. The van der Waals surface area contributed by atoms with Gasteiger partial charge in [-0.3, -0.25) is 4.79 Å². The highest BCUT2D eigenvalue weighted by molar-refractivity contribution is 7.08. The van der Waals surface area contributed by atoms with Crippen molar-refractivity contribution in [2.45, 2.75) is 26.2 Å². The van der Waals surface area contributed by atoms with E-state index >= 15 is 0 Å². The fourth-order valence-corrected chi connectivity index (χ4v) is 2.65. The van der Waals surface area contributed by atoms with E-state index in [1.807, 2.05) is 32.0 Å². The van der Waals surface area contributed by atoms with Gasteiger partial charge in [-0.25, -0.2) is 0 Å². The normalized spacial score (nSPS) is 10.9. The number of Topliss-reactive ketones (excluding diaryl/α,β-unsaturated/α-hetero) is 1. The van der Waals surface area contributed by atoms with Gasteiger partial charge in [-0.1, -0.05) is 42.1 Å². The molecular weight excluding hydrogens is 268 g/mol. The Morgan fingerprint density at radius 1 is 1.44 bits per heavy atom. The number of carbonyl (C=O) groups excluding carboxylic acids is 1. The van der Waals surface area contributed by atoms with Gasteiger partial charge in [-0.15, -0.1) is 5.10 Å². The van der Waals surface area contributed by atoms with Crippen LogP contribution in [0.4, 0.5) is 0 Å². The van der Waals surface area contributed by atoms with Crippen LogP contribution in [0.25, 0.3) is 0 Å². The number of ketones is 1. The summed E-state index contributed by atoms with van der Waals surface area (Å²) in [6.07, 6.45) is 0.337. The molecule has 1 heterocycles. The number of halogens is 1. The Morgan fingerprint density at radius 2 is 2.22 bits per heavy atom. The van der Waals surface area contributed by atoms with Crippen molar-refractivity contribution >= 4 is 28.9 Å². The van der Waals surface area contributed by atoms with Crippen LogP contribution in [0.2, 0.25) is 5.02 Å². The lowest BCUT2D eigenvalue weighted by Gasteiger charge is -2.03. The SMILES string of the molecule is CC(C)c1nnsc1C(=O)Cc1cccc(Cl)c1. The van der Waals surface area contributed by atoms with Crippen LogP contribution in [0.1, 0.15) is 40.7 Å². The molecule has 18 heavy (non-hydrogen) atoms. The highest BCUT2D eigenvalue weighted by Crippen LogP contribution is 2.22. The maximum Gasteiger partial charge on any atom is 0.180 e. The van der Waals surface area contributed by atoms with Crippen molar-refractivity contribution in [2.24, 2.45) is 0 Å². The summed E-state index contributed by atoms with van der Waals surface area (Å²) in [6.45, 7) is 4.01. The number of benzene rings is 1. The number of carbonyl (C=O) groups is 1. The Morgan fingerprint density at radius 3 is 2.89 bits per heavy atom. The lowest BCUT2D eigenvalue weighted by atomic mass is 10.0. The van der Waals surface area contributed by atoms with E-state index in [0.29, 0.717) is 16.3 Å². The molecule has 0 fully saturated rings. The Labute approximate surface area is 115 Å². The van der Waals surface area contributed by atoms with Gasteiger partial charge in [0.25, 0.3) is 0 Å². The largest absolute Gasteiger partial charge is 0.293 e. The van der Waals surface area contributed by atoms with E-state index in [1.165, 1.54) is 11.5 Å². The summed E-state index contributed by atoms with van der Waals surface area (Å²) in [6, 6.07) is 7.35. The van der Waals surface area contributed by atoms with Crippen LogP contribution >= 0.6 is 23.1 Å². The average Bonchev–Trinajstić information content (AvgIpc) is 2.77. The number of aromatic nitrogens is 2. The van der Waals surface area contributed by atoms with Crippen molar-refractivity contribution in [1.82, 2.24) is 9.59 Å². The Bertz CT molecular complexity index is 566. The summed E-state index contributed by atoms with van der Waals surface area (Å²) in [5.41, 5.74) is 1.70. The van der Waals surface area contributed by atoms with Crippen molar-refractivity contribution in [3.8, 4) is 0 Å². The highest BCUT2D eigenvalue weighted by Gasteiger charge is 2.18. The van der Waals surface area contributed by atoms with Gasteiger partial charge in [0.05, 0.1) is 5.69 Å². The predicted molar refractivity (Wildman–Crippen MR) is 73.5 cm³/mol. The molecule has 94 valence electrons. The molecule has 0 saturated carbocycles. The standard InChI is InChI=1S/C13H13ClN2OS/c1-8(2)12-13(18-16-15-12)11(17)7-9-4-3-5-10(14)6-9/h3-6,8H,7H2,1-2H3. The van der Waals surface area contributed by atoms with Gasteiger partial charge >= 0.3 is 0 Å². The minimum absolute atomic E-state index is 0.0518. The molecule has 3 nitrogen and oxygen atoms in total. The molecular formula is C13H13ClN2OS. The molecule has 0 N–H and O–H groups in total. The fourth-order valence-electron chi connectivity index (χ4n) is 1.68. The molecule has 0 amide bonds. The van der Waals surface area contributed by atoms with E-state index in [2.05, 4.69) is 9.59 Å². The molecule has 1 aromatic carbocycles. The number of hydrogen-bond donors (Lipinski definition) is 0. The molecule has 1 aromatic heterocycles. The van der Waals surface area contributed by atoms with Gasteiger partial charge in [0.2, 0.25) is 0 Å². The Balaban J connectivity index is 2.20.